The van der Waals surface area contributed by atoms with E-state index in [2.05, 4.69) is 6.92 Å². The van der Waals surface area contributed by atoms with Crippen molar-refractivity contribution in [2.75, 3.05) is 0 Å². The molecule has 0 atom stereocenters. The first-order chi connectivity index (χ1) is 13.7. The van der Waals surface area contributed by atoms with Crippen molar-refractivity contribution in [2.24, 2.45) is 5.73 Å². The monoisotopic (exact) mass is 393 g/mol. The Hall–Kier alpha value is -0.790. The molecular formula is C26H51NO. The molecule has 0 spiro atoms. The molecule has 0 aliphatic carbocycles. The Balaban J connectivity index is 3.09. The Morgan fingerprint density at radius 3 is 1.14 bits per heavy atom. The van der Waals surface area contributed by atoms with Crippen LogP contribution in [-0.4, -0.2) is 5.91 Å². The van der Waals surface area contributed by atoms with Crippen molar-refractivity contribution in [2.45, 2.75) is 149 Å². The van der Waals surface area contributed by atoms with Crippen molar-refractivity contribution >= 4 is 5.91 Å². The lowest BCUT2D eigenvalue weighted by Crippen LogP contribution is -2.11. The van der Waals surface area contributed by atoms with Gasteiger partial charge in [0.05, 0.1) is 0 Å². The third-order valence-electron chi connectivity index (χ3n) is 5.90. The number of primary amides is 1. The highest BCUT2D eigenvalue weighted by Crippen LogP contribution is 2.15. The zero-order chi connectivity index (χ0) is 20.7. The fourth-order valence-electron chi connectivity index (χ4n) is 3.82. The molecule has 0 aromatic carbocycles. The molecule has 0 saturated carbocycles. The molecule has 1 amide bonds. The number of nitrogens with two attached hydrogens (primary N) is 1. The van der Waals surface area contributed by atoms with E-state index in [0.29, 0.717) is 5.57 Å². The van der Waals surface area contributed by atoms with Gasteiger partial charge < -0.3 is 5.73 Å². The lowest BCUT2D eigenvalue weighted by atomic mass is 10.0. The number of rotatable bonds is 22. The van der Waals surface area contributed by atoms with Crippen LogP contribution >= 0.6 is 0 Å². The van der Waals surface area contributed by atoms with Gasteiger partial charge in [-0.05, 0) is 19.8 Å². The molecule has 0 aliphatic heterocycles. The van der Waals surface area contributed by atoms with E-state index in [1.54, 1.807) is 6.92 Å². The lowest BCUT2D eigenvalue weighted by molar-refractivity contribution is -0.114. The molecule has 0 rings (SSSR count). The van der Waals surface area contributed by atoms with Crippen LogP contribution in [0.2, 0.25) is 0 Å². The van der Waals surface area contributed by atoms with E-state index < -0.39 is 0 Å². The molecule has 0 fully saturated rings. The van der Waals surface area contributed by atoms with Gasteiger partial charge in [0, 0.05) is 5.57 Å². The molecule has 0 aromatic heterocycles. The van der Waals surface area contributed by atoms with E-state index in [-0.39, 0.29) is 5.91 Å². The lowest BCUT2D eigenvalue weighted by Gasteiger charge is -2.04. The van der Waals surface area contributed by atoms with Gasteiger partial charge in [-0.2, -0.15) is 0 Å². The highest BCUT2D eigenvalue weighted by molar-refractivity contribution is 5.91. The van der Waals surface area contributed by atoms with Crippen LogP contribution in [0.4, 0.5) is 0 Å². The summed E-state index contributed by atoms with van der Waals surface area (Å²) in [6.45, 7) is 4.10. The van der Waals surface area contributed by atoms with Crippen molar-refractivity contribution in [1.29, 1.82) is 0 Å². The van der Waals surface area contributed by atoms with Gasteiger partial charge >= 0.3 is 0 Å². The molecule has 166 valence electrons. The second-order valence-corrected chi connectivity index (χ2v) is 8.76. The molecule has 28 heavy (non-hydrogen) atoms. The van der Waals surface area contributed by atoms with Crippen molar-refractivity contribution < 1.29 is 4.79 Å². The number of carbonyl (C=O) groups is 1. The van der Waals surface area contributed by atoms with Gasteiger partial charge in [-0.15, -0.1) is 0 Å². The van der Waals surface area contributed by atoms with E-state index in [9.17, 15) is 4.79 Å². The topological polar surface area (TPSA) is 43.1 Å². The maximum atomic E-state index is 10.9. The zero-order valence-corrected chi connectivity index (χ0v) is 19.4. The molecule has 0 bridgehead atoms. The van der Waals surface area contributed by atoms with Crippen LogP contribution < -0.4 is 5.73 Å². The molecule has 0 aromatic rings. The number of hydrogen-bond donors (Lipinski definition) is 1. The van der Waals surface area contributed by atoms with Crippen LogP contribution in [0.15, 0.2) is 11.6 Å². The minimum atomic E-state index is -0.284. The van der Waals surface area contributed by atoms with E-state index >= 15 is 0 Å². The van der Waals surface area contributed by atoms with Crippen LogP contribution in [0.25, 0.3) is 0 Å². The SMILES string of the molecule is CCCCCCCCCCCCCCCCCCCCCC/C=C(\C)C(N)=O. The van der Waals surface area contributed by atoms with Crippen LogP contribution in [-0.2, 0) is 4.79 Å². The van der Waals surface area contributed by atoms with Gasteiger partial charge in [-0.25, -0.2) is 0 Å². The average molecular weight is 394 g/mol. The second kappa shape index (κ2) is 22.5. The molecule has 0 heterocycles. The zero-order valence-electron chi connectivity index (χ0n) is 19.4. The number of allylic oxidation sites excluding steroid dienone is 1. The van der Waals surface area contributed by atoms with Crippen LogP contribution in [0.1, 0.15) is 149 Å². The summed E-state index contributed by atoms with van der Waals surface area (Å²) >= 11 is 0. The maximum Gasteiger partial charge on any atom is 0.244 e. The molecule has 0 radical (unpaired) electrons. The summed E-state index contributed by atoms with van der Waals surface area (Å²) < 4.78 is 0. The van der Waals surface area contributed by atoms with Gasteiger partial charge in [0.25, 0.3) is 0 Å². The van der Waals surface area contributed by atoms with E-state index in [1.807, 2.05) is 6.08 Å². The van der Waals surface area contributed by atoms with Gasteiger partial charge in [0.2, 0.25) is 5.91 Å². The molecule has 2 nitrogen and oxygen atoms in total. The van der Waals surface area contributed by atoms with Gasteiger partial charge in [-0.3, -0.25) is 4.79 Å². The van der Waals surface area contributed by atoms with E-state index in [1.165, 1.54) is 128 Å². The fraction of sp³-hybridized carbons (Fsp3) is 0.885. The van der Waals surface area contributed by atoms with E-state index in [0.717, 1.165) is 6.42 Å². The maximum absolute atomic E-state index is 10.9. The predicted octanol–water partition coefficient (Wildman–Crippen LogP) is 8.63. The third kappa shape index (κ3) is 21.5. The summed E-state index contributed by atoms with van der Waals surface area (Å²) in [5.74, 6) is -0.284. The summed E-state index contributed by atoms with van der Waals surface area (Å²) in [4.78, 5) is 10.9. The van der Waals surface area contributed by atoms with E-state index in [4.69, 9.17) is 5.73 Å². The molecule has 0 aliphatic rings. The predicted molar refractivity (Wildman–Crippen MR) is 126 cm³/mol. The Morgan fingerprint density at radius 2 is 0.857 bits per heavy atom. The molecule has 0 saturated heterocycles. The van der Waals surface area contributed by atoms with Crippen molar-refractivity contribution in [1.82, 2.24) is 0 Å². The summed E-state index contributed by atoms with van der Waals surface area (Å²) in [6, 6.07) is 0. The van der Waals surface area contributed by atoms with Crippen LogP contribution in [0.5, 0.6) is 0 Å². The van der Waals surface area contributed by atoms with Crippen LogP contribution in [0.3, 0.4) is 0 Å². The number of unbranched alkanes of at least 4 members (excludes halogenated alkanes) is 20. The quantitative estimate of drug-likeness (QED) is 0.145. The van der Waals surface area contributed by atoms with Crippen LogP contribution in [0, 0.1) is 0 Å². The average Bonchev–Trinajstić information content (AvgIpc) is 2.68. The second-order valence-electron chi connectivity index (χ2n) is 8.76. The number of carbonyl (C=O) groups excluding carboxylic acids is 1. The normalized spacial score (nSPS) is 11.9. The summed E-state index contributed by atoms with van der Waals surface area (Å²) in [5, 5.41) is 0. The minimum absolute atomic E-state index is 0.284. The Labute approximate surface area is 177 Å². The summed E-state index contributed by atoms with van der Waals surface area (Å²) in [6.07, 6.45) is 31.2. The Bertz CT molecular complexity index is 361. The highest BCUT2D eigenvalue weighted by atomic mass is 16.1. The number of hydrogen-bond acceptors (Lipinski definition) is 1. The first-order valence-electron chi connectivity index (χ1n) is 12.6. The van der Waals surface area contributed by atoms with Crippen molar-refractivity contribution in [3.63, 3.8) is 0 Å². The standard InChI is InChI=1S/C26H51NO/c1-3-4-5-6-7-8-9-10-11-12-13-14-15-16-17-18-19-20-21-22-23-24-25(2)26(27)28/h24H,3-23H2,1-2H3,(H2,27,28)/b25-24+. The molecule has 0 unspecified atom stereocenters. The first-order valence-corrected chi connectivity index (χ1v) is 12.6. The Morgan fingerprint density at radius 1 is 0.571 bits per heavy atom. The first kappa shape index (κ1) is 27.2. The third-order valence-corrected chi connectivity index (χ3v) is 5.90. The molecule has 2 N–H and O–H groups in total. The Kier molecular flexibility index (Phi) is 21.9. The van der Waals surface area contributed by atoms with Gasteiger partial charge in [0.1, 0.15) is 0 Å². The van der Waals surface area contributed by atoms with Gasteiger partial charge in [-0.1, -0.05) is 135 Å². The number of amides is 1. The smallest absolute Gasteiger partial charge is 0.244 e. The molecule has 2 heteroatoms. The summed E-state index contributed by atoms with van der Waals surface area (Å²) in [7, 11) is 0. The van der Waals surface area contributed by atoms with Crippen molar-refractivity contribution in [3.05, 3.63) is 11.6 Å². The van der Waals surface area contributed by atoms with Gasteiger partial charge in [0.15, 0.2) is 0 Å². The van der Waals surface area contributed by atoms with Crippen molar-refractivity contribution in [3.8, 4) is 0 Å². The highest BCUT2D eigenvalue weighted by Gasteiger charge is 1.97. The minimum Gasteiger partial charge on any atom is -0.366 e. The molecular weight excluding hydrogens is 342 g/mol. The summed E-state index contributed by atoms with van der Waals surface area (Å²) in [5.41, 5.74) is 5.92. The fourth-order valence-corrected chi connectivity index (χ4v) is 3.82. The largest absolute Gasteiger partial charge is 0.366 e.